The Hall–Kier alpha value is -3.20. The lowest BCUT2D eigenvalue weighted by molar-refractivity contribution is -0.141. The van der Waals surface area contributed by atoms with Crippen molar-refractivity contribution in [3.8, 4) is 11.9 Å². The number of pyridine rings is 1. The lowest BCUT2D eigenvalue weighted by Crippen LogP contribution is -2.60. The molecular weight excluding hydrogens is 452 g/mol. The summed E-state index contributed by atoms with van der Waals surface area (Å²) < 4.78 is 7.75. The maximum Gasteiger partial charge on any atom is 0.230 e. The number of nitrogens with zero attached hydrogens (tertiary/aromatic N) is 8. The number of carbonyl (C=O) groups is 1. The number of morpholine rings is 1. The van der Waals surface area contributed by atoms with Gasteiger partial charge < -0.3 is 9.64 Å². The molecular formula is C23H24N8O2S. The summed E-state index contributed by atoms with van der Waals surface area (Å²) >= 11 is 1.48. The van der Waals surface area contributed by atoms with Gasteiger partial charge in [0.2, 0.25) is 5.91 Å². The van der Waals surface area contributed by atoms with Crippen molar-refractivity contribution in [3.05, 3.63) is 51.1 Å². The summed E-state index contributed by atoms with van der Waals surface area (Å²) in [5.41, 5.74) is 4.12. The van der Waals surface area contributed by atoms with Crippen molar-refractivity contribution in [2.24, 2.45) is 0 Å². The van der Waals surface area contributed by atoms with Gasteiger partial charge in [-0.2, -0.15) is 9.94 Å². The normalized spacial score (nSPS) is 24.5. The predicted octanol–water partition coefficient (Wildman–Crippen LogP) is 1.61. The highest BCUT2D eigenvalue weighted by molar-refractivity contribution is 7.10. The van der Waals surface area contributed by atoms with Crippen LogP contribution >= 0.6 is 11.3 Å². The molecule has 0 N–H and O–H groups in total. The summed E-state index contributed by atoms with van der Waals surface area (Å²) in [5, 5.41) is 22.5. The molecule has 5 heterocycles. The molecule has 2 saturated heterocycles. The number of nitriles is 1. The largest absolute Gasteiger partial charge is 0.370 e. The van der Waals surface area contributed by atoms with Crippen molar-refractivity contribution >= 4 is 17.2 Å². The molecule has 2 fully saturated rings. The van der Waals surface area contributed by atoms with Crippen LogP contribution in [-0.2, 0) is 16.0 Å². The van der Waals surface area contributed by atoms with E-state index in [1.807, 2.05) is 24.0 Å². The van der Waals surface area contributed by atoms with E-state index in [-0.39, 0.29) is 24.0 Å². The SMILES string of the molecule is Cc1c([C@@H]2CN3CCN(C(=O)C4CCc5nc(-n6cnnn6)ccc54)C[C@H]3CO2)csc1C#N. The molecule has 3 atom stereocenters. The fourth-order valence-electron chi connectivity index (χ4n) is 5.36. The van der Waals surface area contributed by atoms with E-state index < -0.39 is 0 Å². The molecule has 6 rings (SSSR count). The van der Waals surface area contributed by atoms with Gasteiger partial charge in [0, 0.05) is 31.9 Å². The van der Waals surface area contributed by atoms with Crippen molar-refractivity contribution in [2.75, 3.05) is 32.8 Å². The third-order valence-electron chi connectivity index (χ3n) is 7.25. The number of aryl methyl sites for hydroxylation is 1. The summed E-state index contributed by atoms with van der Waals surface area (Å²) in [6, 6.07) is 6.33. The van der Waals surface area contributed by atoms with E-state index in [1.54, 1.807) is 0 Å². The van der Waals surface area contributed by atoms with Crippen LogP contribution in [0.2, 0.25) is 0 Å². The van der Waals surface area contributed by atoms with Crippen LogP contribution < -0.4 is 0 Å². The van der Waals surface area contributed by atoms with Crippen LogP contribution in [0.5, 0.6) is 0 Å². The lowest BCUT2D eigenvalue weighted by Gasteiger charge is -2.46. The third kappa shape index (κ3) is 3.58. The van der Waals surface area contributed by atoms with Gasteiger partial charge in [0.25, 0.3) is 0 Å². The Kier molecular flexibility index (Phi) is 5.36. The van der Waals surface area contributed by atoms with Gasteiger partial charge in [-0.3, -0.25) is 9.69 Å². The van der Waals surface area contributed by atoms with Crippen LogP contribution in [0.15, 0.2) is 23.8 Å². The second kappa shape index (κ2) is 8.54. The van der Waals surface area contributed by atoms with Crippen molar-refractivity contribution < 1.29 is 9.53 Å². The predicted molar refractivity (Wildman–Crippen MR) is 122 cm³/mol. The Labute approximate surface area is 200 Å². The molecule has 34 heavy (non-hydrogen) atoms. The van der Waals surface area contributed by atoms with Crippen LogP contribution in [0.4, 0.5) is 0 Å². The highest BCUT2D eigenvalue weighted by Crippen LogP contribution is 2.36. The molecule has 2 aliphatic heterocycles. The standard InChI is InChI=1S/C23H24N8O2S/c1-14-18(12-34-21(14)8-24)20-10-29-6-7-30(9-15(29)11-33-20)23(32)17-2-4-19-16(17)3-5-22(26-19)31-13-25-27-28-31/h3,5,12-13,15,17,20H,2,4,6-7,9-11H2,1H3/t15-,17?,20-/m0/s1. The second-order valence-electron chi connectivity index (χ2n) is 9.06. The minimum atomic E-state index is -0.146. The Morgan fingerprint density at radius 1 is 1.26 bits per heavy atom. The highest BCUT2D eigenvalue weighted by atomic mass is 32.1. The molecule has 1 aliphatic carbocycles. The van der Waals surface area contributed by atoms with Gasteiger partial charge in [-0.05, 0) is 58.3 Å². The minimum absolute atomic E-state index is 0.0148. The fourth-order valence-corrected chi connectivity index (χ4v) is 6.28. The number of thiophene rings is 1. The maximum atomic E-state index is 13.5. The first-order chi connectivity index (χ1) is 16.6. The summed E-state index contributed by atoms with van der Waals surface area (Å²) in [4.78, 5) is 23.4. The number of fused-ring (bicyclic) bond motifs is 2. The van der Waals surface area contributed by atoms with Gasteiger partial charge in [-0.25, -0.2) is 4.98 Å². The smallest absolute Gasteiger partial charge is 0.230 e. The average molecular weight is 477 g/mol. The van der Waals surface area contributed by atoms with Gasteiger partial charge in [0.1, 0.15) is 17.3 Å². The van der Waals surface area contributed by atoms with Crippen LogP contribution in [0.25, 0.3) is 5.82 Å². The molecule has 3 aliphatic rings. The molecule has 1 amide bonds. The van der Waals surface area contributed by atoms with Crippen LogP contribution in [0, 0.1) is 18.3 Å². The Morgan fingerprint density at radius 2 is 2.18 bits per heavy atom. The van der Waals surface area contributed by atoms with Crippen LogP contribution in [0.1, 0.15) is 45.7 Å². The molecule has 0 spiro atoms. The van der Waals surface area contributed by atoms with Crippen molar-refractivity contribution in [2.45, 2.75) is 37.8 Å². The van der Waals surface area contributed by atoms with E-state index in [0.717, 1.165) is 59.7 Å². The summed E-state index contributed by atoms with van der Waals surface area (Å²) in [6.07, 6.45) is 3.06. The second-order valence-corrected chi connectivity index (χ2v) is 9.94. The number of aromatic nitrogens is 5. The van der Waals surface area contributed by atoms with Crippen molar-refractivity contribution in [1.29, 1.82) is 5.26 Å². The number of hydrogen-bond donors (Lipinski definition) is 0. The first kappa shape index (κ1) is 21.3. The van der Waals surface area contributed by atoms with E-state index in [4.69, 9.17) is 9.72 Å². The fraction of sp³-hybridized carbons (Fsp3) is 0.478. The van der Waals surface area contributed by atoms with Gasteiger partial charge in [-0.15, -0.1) is 16.4 Å². The number of tetrazole rings is 1. The quantitative estimate of drug-likeness (QED) is 0.560. The summed E-state index contributed by atoms with van der Waals surface area (Å²) in [7, 11) is 0. The summed E-state index contributed by atoms with van der Waals surface area (Å²) in [6.45, 7) is 5.61. The topological polar surface area (TPSA) is 113 Å². The van der Waals surface area contributed by atoms with Gasteiger partial charge >= 0.3 is 0 Å². The molecule has 3 aromatic rings. The monoisotopic (exact) mass is 476 g/mol. The zero-order chi connectivity index (χ0) is 23.2. The molecule has 11 heteroatoms. The molecule has 10 nitrogen and oxygen atoms in total. The van der Waals surface area contributed by atoms with E-state index in [0.29, 0.717) is 19.0 Å². The van der Waals surface area contributed by atoms with Crippen molar-refractivity contribution in [1.82, 2.24) is 35.0 Å². The van der Waals surface area contributed by atoms with Crippen LogP contribution in [0.3, 0.4) is 0 Å². The van der Waals surface area contributed by atoms with E-state index >= 15 is 0 Å². The number of piperazine rings is 1. The number of amides is 1. The molecule has 3 aromatic heterocycles. The Morgan fingerprint density at radius 3 is 2.97 bits per heavy atom. The molecule has 1 unspecified atom stereocenters. The highest BCUT2D eigenvalue weighted by Gasteiger charge is 2.39. The Bertz CT molecular complexity index is 1270. The van der Waals surface area contributed by atoms with Crippen LogP contribution in [-0.4, -0.2) is 79.7 Å². The molecule has 174 valence electrons. The first-order valence-corrected chi connectivity index (χ1v) is 12.4. The zero-order valence-electron chi connectivity index (χ0n) is 18.8. The summed E-state index contributed by atoms with van der Waals surface area (Å²) in [5.74, 6) is 0.707. The average Bonchev–Trinajstić information content (AvgIpc) is 3.62. The van der Waals surface area contributed by atoms with E-state index in [1.165, 1.54) is 22.3 Å². The number of hydrogen-bond acceptors (Lipinski definition) is 9. The van der Waals surface area contributed by atoms with Crippen molar-refractivity contribution in [3.63, 3.8) is 0 Å². The molecule has 0 aromatic carbocycles. The minimum Gasteiger partial charge on any atom is -0.370 e. The molecule has 0 radical (unpaired) electrons. The number of rotatable bonds is 3. The first-order valence-electron chi connectivity index (χ1n) is 11.5. The molecule has 0 saturated carbocycles. The van der Waals surface area contributed by atoms with Gasteiger partial charge in [0.15, 0.2) is 5.82 Å². The number of ether oxygens (including phenoxy) is 1. The van der Waals surface area contributed by atoms with E-state index in [2.05, 4.69) is 31.9 Å². The van der Waals surface area contributed by atoms with Gasteiger partial charge in [-0.1, -0.05) is 6.07 Å². The maximum absolute atomic E-state index is 13.5. The van der Waals surface area contributed by atoms with Gasteiger partial charge in [0.05, 0.1) is 24.7 Å². The number of carbonyl (C=O) groups excluding carboxylic acids is 1. The van der Waals surface area contributed by atoms with E-state index in [9.17, 15) is 10.1 Å². The lowest BCUT2D eigenvalue weighted by atomic mass is 9.99. The third-order valence-corrected chi connectivity index (χ3v) is 8.26. The molecule has 0 bridgehead atoms. The zero-order valence-corrected chi connectivity index (χ0v) is 19.6. The Balaban J connectivity index is 1.12.